The molecule has 0 saturated carbocycles. The van der Waals surface area contributed by atoms with E-state index >= 15 is 0 Å². The lowest BCUT2D eigenvalue weighted by Crippen LogP contribution is -2.52. The molecule has 2 aliphatic heterocycles. The molecule has 0 aromatic heterocycles. The van der Waals surface area contributed by atoms with Gasteiger partial charge in [0, 0.05) is 24.3 Å². The number of ether oxygens (including phenoxy) is 1. The van der Waals surface area contributed by atoms with E-state index < -0.39 is 0 Å². The zero-order valence-electron chi connectivity index (χ0n) is 12.9. The molecular weight excluding hydrogens is 285 g/mol. The van der Waals surface area contributed by atoms with Crippen molar-refractivity contribution >= 4 is 5.91 Å². The monoisotopic (exact) mass is 307 g/mol. The SMILES string of the molecule is CCCC1NNC2NC(=O)CC(c3cc(OC)ccc3F)C12. The van der Waals surface area contributed by atoms with Gasteiger partial charge in [0.15, 0.2) is 0 Å². The zero-order valence-corrected chi connectivity index (χ0v) is 12.9. The lowest BCUT2D eigenvalue weighted by molar-refractivity contribution is -0.125. The predicted molar refractivity (Wildman–Crippen MR) is 80.7 cm³/mol. The first-order valence-corrected chi connectivity index (χ1v) is 7.78. The Morgan fingerprint density at radius 1 is 1.36 bits per heavy atom. The van der Waals surface area contributed by atoms with Gasteiger partial charge in [-0.1, -0.05) is 13.3 Å². The van der Waals surface area contributed by atoms with Crippen LogP contribution in [0.15, 0.2) is 18.2 Å². The molecule has 2 saturated heterocycles. The molecule has 0 spiro atoms. The molecule has 1 aromatic rings. The van der Waals surface area contributed by atoms with Crippen molar-refractivity contribution in [2.75, 3.05) is 7.11 Å². The molecule has 2 fully saturated rings. The molecule has 0 bridgehead atoms. The molecule has 0 aliphatic carbocycles. The van der Waals surface area contributed by atoms with Crippen LogP contribution in [0.5, 0.6) is 5.75 Å². The van der Waals surface area contributed by atoms with Crippen molar-refractivity contribution in [2.45, 2.75) is 44.3 Å². The normalized spacial score (nSPS) is 30.8. The third-order valence-corrected chi connectivity index (χ3v) is 4.66. The van der Waals surface area contributed by atoms with Crippen LogP contribution in [0.25, 0.3) is 0 Å². The highest BCUT2D eigenvalue weighted by Gasteiger charge is 2.46. The third kappa shape index (κ3) is 2.68. The van der Waals surface area contributed by atoms with Crippen molar-refractivity contribution in [3.05, 3.63) is 29.6 Å². The number of benzene rings is 1. The highest BCUT2D eigenvalue weighted by Crippen LogP contribution is 2.40. The van der Waals surface area contributed by atoms with Crippen molar-refractivity contribution in [3.8, 4) is 5.75 Å². The van der Waals surface area contributed by atoms with Crippen LogP contribution in [0.3, 0.4) is 0 Å². The Bertz CT molecular complexity index is 566. The number of hydrazine groups is 1. The molecule has 1 aromatic carbocycles. The van der Waals surface area contributed by atoms with Gasteiger partial charge in [-0.05, 0) is 30.2 Å². The number of nitrogens with one attached hydrogen (secondary N) is 3. The van der Waals surface area contributed by atoms with Gasteiger partial charge in [-0.15, -0.1) is 0 Å². The lowest BCUT2D eigenvalue weighted by atomic mass is 9.75. The zero-order chi connectivity index (χ0) is 15.7. The summed E-state index contributed by atoms with van der Waals surface area (Å²) in [6.07, 6.45) is 2.15. The molecular formula is C16H22FN3O2. The molecule has 2 aliphatic rings. The summed E-state index contributed by atoms with van der Waals surface area (Å²) in [4.78, 5) is 12.0. The molecule has 5 nitrogen and oxygen atoms in total. The molecule has 3 rings (SSSR count). The average Bonchev–Trinajstić information content (AvgIpc) is 2.90. The first-order valence-electron chi connectivity index (χ1n) is 7.78. The highest BCUT2D eigenvalue weighted by molar-refractivity contribution is 5.78. The van der Waals surface area contributed by atoms with Crippen molar-refractivity contribution in [1.29, 1.82) is 0 Å². The van der Waals surface area contributed by atoms with Crippen molar-refractivity contribution < 1.29 is 13.9 Å². The van der Waals surface area contributed by atoms with Crippen molar-refractivity contribution in [2.24, 2.45) is 5.92 Å². The number of fused-ring (bicyclic) bond motifs is 1. The summed E-state index contributed by atoms with van der Waals surface area (Å²) < 4.78 is 19.6. The summed E-state index contributed by atoms with van der Waals surface area (Å²) in [5, 5.41) is 2.95. The maximum absolute atomic E-state index is 14.4. The number of rotatable bonds is 4. The number of halogens is 1. The minimum atomic E-state index is -0.276. The largest absolute Gasteiger partial charge is 0.497 e. The number of piperidine rings is 1. The van der Waals surface area contributed by atoms with Crippen molar-refractivity contribution in [1.82, 2.24) is 16.2 Å². The van der Waals surface area contributed by atoms with E-state index in [0.29, 0.717) is 17.7 Å². The predicted octanol–water partition coefficient (Wildman–Crippen LogP) is 1.66. The summed E-state index contributed by atoms with van der Waals surface area (Å²) in [6, 6.07) is 4.96. The van der Waals surface area contributed by atoms with Crippen LogP contribution in [0.4, 0.5) is 4.39 Å². The Labute approximate surface area is 129 Å². The van der Waals surface area contributed by atoms with E-state index in [2.05, 4.69) is 23.1 Å². The average molecular weight is 307 g/mol. The minimum Gasteiger partial charge on any atom is -0.497 e. The van der Waals surface area contributed by atoms with Gasteiger partial charge in [0.25, 0.3) is 0 Å². The fourth-order valence-corrected chi connectivity index (χ4v) is 3.66. The highest BCUT2D eigenvalue weighted by atomic mass is 19.1. The van der Waals surface area contributed by atoms with E-state index in [1.54, 1.807) is 19.2 Å². The number of methoxy groups -OCH3 is 1. The van der Waals surface area contributed by atoms with Gasteiger partial charge >= 0.3 is 0 Å². The van der Waals surface area contributed by atoms with Crippen LogP contribution < -0.4 is 20.9 Å². The molecule has 6 heteroatoms. The minimum absolute atomic E-state index is 0.0556. The Kier molecular flexibility index (Phi) is 4.31. The van der Waals surface area contributed by atoms with Gasteiger partial charge in [0.05, 0.1) is 13.3 Å². The molecule has 3 N–H and O–H groups in total. The topological polar surface area (TPSA) is 62.4 Å². The number of carbonyl (C=O) groups is 1. The second-order valence-electron chi connectivity index (χ2n) is 6.00. The Morgan fingerprint density at radius 2 is 2.18 bits per heavy atom. The van der Waals surface area contributed by atoms with Crippen LogP contribution >= 0.6 is 0 Å². The second-order valence-corrected chi connectivity index (χ2v) is 6.00. The Morgan fingerprint density at radius 3 is 2.91 bits per heavy atom. The molecule has 120 valence electrons. The first kappa shape index (κ1) is 15.2. The smallest absolute Gasteiger partial charge is 0.221 e. The van der Waals surface area contributed by atoms with Gasteiger partial charge in [0.2, 0.25) is 5.91 Å². The fourth-order valence-electron chi connectivity index (χ4n) is 3.66. The number of carbonyl (C=O) groups excluding carboxylic acids is 1. The number of hydrogen-bond acceptors (Lipinski definition) is 4. The molecule has 0 radical (unpaired) electrons. The quantitative estimate of drug-likeness (QED) is 0.792. The second kappa shape index (κ2) is 6.22. The molecule has 4 unspecified atom stereocenters. The summed E-state index contributed by atoms with van der Waals surface area (Å²) in [7, 11) is 1.56. The van der Waals surface area contributed by atoms with Crippen molar-refractivity contribution in [3.63, 3.8) is 0 Å². The number of hydrogen-bond donors (Lipinski definition) is 3. The third-order valence-electron chi connectivity index (χ3n) is 4.66. The first-order chi connectivity index (χ1) is 10.6. The summed E-state index contributed by atoms with van der Waals surface area (Å²) in [5.74, 6) is 0.248. The van der Waals surface area contributed by atoms with Crippen LogP contribution in [0.2, 0.25) is 0 Å². The van der Waals surface area contributed by atoms with E-state index in [-0.39, 0.29) is 35.8 Å². The Balaban J connectivity index is 1.97. The lowest BCUT2D eigenvalue weighted by Gasteiger charge is -2.36. The summed E-state index contributed by atoms with van der Waals surface area (Å²) in [6.45, 7) is 2.12. The van der Waals surface area contributed by atoms with Crippen LogP contribution in [0.1, 0.15) is 37.7 Å². The van der Waals surface area contributed by atoms with Gasteiger partial charge in [-0.3, -0.25) is 10.2 Å². The summed E-state index contributed by atoms with van der Waals surface area (Å²) >= 11 is 0. The van der Waals surface area contributed by atoms with Gasteiger partial charge in [-0.25, -0.2) is 9.82 Å². The number of amides is 1. The molecule has 2 heterocycles. The van der Waals surface area contributed by atoms with Gasteiger partial charge in [-0.2, -0.15) is 0 Å². The van der Waals surface area contributed by atoms with Crippen LogP contribution in [0, 0.1) is 11.7 Å². The van der Waals surface area contributed by atoms with E-state index in [4.69, 9.17) is 4.74 Å². The van der Waals surface area contributed by atoms with E-state index in [1.165, 1.54) is 6.07 Å². The van der Waals surface area contributed by atoms with E-state index in [9.17, 15) is 9.18 Å². The molecule has 22 heavy (non-hydrogen) atoms. The standard InChI is InChI=1S/C16H22FN3O2/c1-3-4-13-15-11(8-14(21)18-16(15)20-19-13)10-7-9(22-2)5-6-12(10)17/h5-7,11,13,15-16,19-20H,3-4,8H2,1-2H3,(H,18,21). The van der Waals surface area contributed by atoms with E-state index in [1.807, 2.05) is 0 Å². The molecule has 1 amide bonds. The molecule has 4 atom stereocenters. The summed E-state index contributed by atoms with van der Waals surface area (Å²) in [5.41, 5.74) is 6.95. The fraction of sp³-hybridized carbons (Fsp3) is 0.562. The Hall–Kier alpha value is -1.66. The van der Waals surface area contributed by atoms with Crippen LogP contribution in [-0.4, -0.2) is 25.2 Å². The maximum Gasteiger partial charge on any atom is 0.221 e. The van der Waals surface area contributed by atoms with Gasteiger partial charge < -0.3 is 10.1 Å². The van der Waals surface area contributed by atoms with Crippen LogP contribution in [-0.2, 0) is 4.79 Å². The maximum atomic E-state index is 14.4. The van der Waals surface area contributed by atoms with Gasteiger partial charge in [0.1, 0.15) is 11.6 Å². The van der Waals surface area contributed by atoms with E-state index in [0.717, 1.165) is 12.8 Å².